The van der Waals surface area contributed by atoms with Gasteiger partial charge in [0.1, 0.15) is 0 Å². The normalized spacial score (nSPS) is 15.2. The molecule has 1 N–H and O–H groups in total. The molecule has 1 atom stereocenters. The highest BCUT2D eigenvalue weighted by atomic mass is 19.4. The Morgan fingerprint density at radius 3 is 1.81 bits per heavy atom. The van der Waals surface area contributed by atoms with Gasteiger partial charge in [-0.3, -0.25) is 0 Å². The summed E-state index contributed by atoms with van der Waals surface area (Å²) >= 11 is 0. The molecule has 0 saturated carbocycles. The van der Waals surface area contributed by atoms with Crippen LogP contribution in [0.25, 0.3) is 0 Å². The first-order valence-corrected chi connectivity index (χ1v) is 4.56. The van der Waals surface area contributed by atoms with Crippen LogP contribution in [0.4, 0.5) is 26.3 Å². The van der Waals surface area contributed by atoms with Gasteiger partial charge in [-0.2, -0.15) is 26.3 Å². The van der Waals surface area contributed by atoms with Crippen LogP contribution in [0.3, 0.4) is 0 Å². The molecule has 0 aliphatic rings. The third-order valence-electron chi connectivity index (χ3n) is 2.16. The molecule has 96 valence electrons. The van der Waals surface area contributed by atoms with Crippen molar-refractivity contribution in [1.29, 1.82) is 0 Å². The zero-order valence-corrected chi connectivity index (χ0v) is 8.62. The highest BCUT2D eigenvalue weighted by Crippen LogP contribution is 2.42. The van der Waals surface area contributed by atoms with Crippen molar-refractivity contribution in [2.45, 2.75) is 31.2 Å². The fourth-order valence-electron chi connectivity index (χ4n) is 1.42. The molecule has 0 heterocycles. The van der Waals surface area contributed by atoms with E-state index in [-0.39, 0.29) is 12.8 Å². The van der Waals surface area contributed by atoms with E-state index in [1.165, 1.54) is 6.08 Å². The van der Waals surface area contributed by atoms with E-state index < -0.39 is 24.3 Å². The summed E-state index contributed by atoms with van der Waals surface area (Å²) in [5.41, 5.74) is 0. The minimum absolute atomic E-state index is 0.0914. The molecule has 1 unspecified atom stereocenters. The highest BCUT2D eigenvalue weighted by Gasteiger charge is 2.59. The van der Waals surface area contributed by atoms with Crippen LogP contribution in [-0.4, -0.2) is 25.4 Å². The molecule has 0 aliphatic carbocycles. The Hall–Kier alpha value is -0.720. The summed E-state index contributed by atoms with van der Waals surface area (Å²) in [6.45, 7) is 3.26. The molecule has 0 aliphatic heterocycles. The number of rotatable bonds is 5. The van der Waals surface area contributed by atoms with Gasteiger partial charge in [0.15, 0.2) is 5.92 Å². The summed E-state index contributed by atoms with van der Waals surface area (Å²) < 4.78 is 73.8. The van der Waals surface area contributed by atoms with Gasteiger partial charge in [0, 0.05) is 6.04 Å². The SMILES string of the molecule is C=CCCC(NC)C(C(F)(F)F)C(F)(F)F. The molecule has 0 fully saturated rings. The number of halogens is 6. The van der Waals surface area contributed by atoms with Gasteiger partial charge in [0.25, 0.3) is 0 Å². The van der Waals surface area contributed by atoms with E-state index in [4.69, 9.17) is 0 Å². The molecular formula is C9H13F6N. The van der Waals surface area contributed by atoms with Crippen LogP contribution in [0.15, 0.2) is 12.7 Å². The third kappa shape index (κ3) is 4.42. The molecule has 0 rings (SSSR count). The van der Waals surface area contributed by atoms with E-state index in [9.17, 15) is 26.3 Å². The first kappa shape index (κ1) is 15.3. The van der Waals surface area contributed by atoms with E-state index in [1.54, 1.807) is 0 Å². The molecule has 7 heteroatoms. The number of alkyl halides is 6. The number of hydrogen-bond donors (Lipinski definition) is 1. The van der Waals surface area contributed by atoms with Crippen molar-refractivity contribution in [1.82, 2.24) is 5.32 Å². The molecule has 0 aromatic heterocycles. The Balaban J connectivity index is 4.92. The summed E-state index contributed by atoms with van der Waals surface area (Å²) in [5, 5.41) is 2.06. The molecule has 0 spiro atoms. The molecule has 0 bridgehead atoms. The summed E-state index contributed by atoms with van der Waals surface area (Å²) in [5.74, 6) is -3.34. The van der Waals surface area contributed by atoms with Gasteiger partial charge in [0.2, 0.25) is 0 Å². The maximum absolute atomic E-state index is 12.3. The summed E-state index contributed by atoms with van der Waals surface area (Å²) in [6, 6.07) is -1.68. The van der Waals surface area contributed by atoms with Crippen molar-refractivity contribution >= 4 is 0 Å². The van der Waals surface area contributed by atoms with E-state index in [0.29, 0.717) is 0 Å². The predicted molar refractivity (Wildman–Crippen MR) is 47.9 cm³/mol. The zero-order chi connectivity index (χ0) is 13.0. The van der Waals surface area contributed by atoms with Gasteiger partial charge < -0.3 is 5.32 Å². The van der Waals surface area contributed by atoms with E-state index >= 15 is 0 Å². The van der Waals surface area contributed by atoms with Crippen LogP contribution < -0.4 is 5.32 Å². The molecule has 16 heavy (non-hydrogen) atoms. The number of nitrogens with one attached hydrogen (secondary N) is 1. The molecule has 0 saturated heterocycles. The van der Waals surface area contributed by atoms with E-state index in [1.807, 2.05) is 0 Å². The van der Waals surface area contributed by atoms with Gasteiger partial charge in [-0.15, -0.1) is 6.58 Å². The average Bonchev–Trinajstić information content (AvgIpc) is 2.07. The van der Waals surface area contributed by atoms with Crippen LogP contribution in [0.1, 0.15) is 12.8 Å². The van der Waals surface area contributed by atoms with Crippen LogP contribution in [0.5, 0.6) is 0 Å². The van der Waals surface area contributed by atoms with Gasteiger partial charge in [-0.05, 0) is 19.9 Å². The highest BCUT2D eigenvalue weighted by molar-refractivity contribution is 4.87. The van der Waals surface area contributed by atoms with Crippen molar-refractivity contribution in [2.24, 2.45) is 5.92 Å². The Labute approximate surface area is 89.5 Å². The fourth-order valence-corrected chi connectivity index (χ4v) is 1.42. The predicted octanol–water partition coefficient (Wildman–Crippen LogP) is 3.28. The lowest BCUT2D eigenvalue weighted by molar-refractivity contribution is -0.291. The second-order valence-electron chi connectivity index (χ2n) is 3.32. The largest absolute Gasteiger partial charge is 0.401 e. The quantitative estimate of drug-likeness (QED) is 0.582. The standard InChI is InChI=1S/C9H13F6N/c1-3-4-5-6(16-2)7(8(10,11)12)9(13,14)15/h3,6-7,16H,1,4-5H2,2H3. The second kappa shape index (κ2) is 5.56. The van der Waals surface area contributed by atoms with Crippen molar-refractivity contribution in [3.8, 4) is 0 Å². The third-order valence-corrected chi connectivity index (χ3v) is 2.16. The molecule has 0 aromatic carbocycles. The van der Waals surface area contributed by atoms with E-state index in [0.717, 1.165) is 7.05 Å². The number of allylic oxidation sites excluding steroid dienone is 1. The minimum atomic E-state index is -5.30. The molecular weight excluding hydrogens is 236 g/mol. The molecule has 1 nitrogen and oxygen atoms in total. The first-order valence-electron chi connectivity index (χ1n) is 4.56. The first-order chi connectivity index (χ1) is 7.14. The lowest BCUT2D eigenvalue weighted by atomic mass is 9.94. The maximum atomic E-state index is 12.3. The van der Waals surface area contributed by atoms with Gasteiger partial charge in [-0.25, -0.2) is 0 Å². The summed E-state index contributed by atoms with van der Waals surface area (Å²) in [7, 11) is 1.08. The maximum Gasteiger partial charge on any atom is 0.401 e. The lowest BCUT2D eigenvalue weighted by Crippen LogP contribution is -2.50. The lowest BCUT2D eigenvalue weighted by Gasteiger charge is -2.30. The van der Waals surface area contributed by atoms with Crippen LogP contribution in [0.2, 0.25) is 0 Å². The Morgan fingerprint density at radius 2 is 1.56 bits per heavy atom. The van der Waals surface area contributed by atoms with Crippen LogP contribution in [0, 0.1) is 5.92 Å². The van der Waals surface area contributed by atoms with Crippen molar-refractivity contribution in [3.63, 3.8) is 0 Å². The molecule has 0 radical (unpaired) electrons. The van der Waals surface area contributed by atoms with Gasteiger partial charge >= 0.3 is 12.4 Å². The Kier molecular flexibility index (Phi) is 5.31. The topological polar surface area (TPSA) is 12.0 Å². The average molecular weight is 249 g/mol. The summed E-state index contributed by atoms with van der Waals surface area (Å²) in [6.07, 6.45) is -9.48. The zero-order valence-electron chi connectivity index (χ0n) is 8.62. The Bertz CT molecular complexity index is 205. The monoisotopic (exact) mass is 249 g/mol. The van der Waals surface area contributed by atoms with E-state index in [2.05, 4.69) is 11.9 Å². The summed E-state index contributed by atoms with van der Waals surface area (Å²) in [4.78, 5) is 0. The molecule has 0 amide bonds. The smallest absolute Gasteiger partial charge is 0.316 e. The number of hydrogen-bond acceptors (Lipinski definition) is 1. The van der Waals surface area contributed by atoms with Crippen molar-refractivity contribution < 1.29 is 26.3 Å². The van der Waals surface area contributed by atoms with Crippen LogP contribution in [-0.2, 0) is 0 Å². The van der Waals surface area contributed by atoms with Gasteiger partial charge in [-0.1, -0.05) is 6.08 Å². The fraction of sp³-hybridized carbons (Fsp3) is 0.778. The van der Waals surface area contributed by atoms with Gasteiger partial charge in [0.05, 0.1) is 0 Å². The Morgan fingerprint density at radius 1 is 1.12 bits per heavy atom. The van der Waals surface area contributed by atoms with Crippen molar-refractivity contribution in [2.75, 3.05) is 7.05 Å². The minimum Gasteiger partial charge on any atom is -0.316 e. The van der Waals surface area contributed by atoms with Crippen molar-refractivity contribution in [3.05, 3.63) is 12.7 Å². The van der Waals surface area contributed by atoms with Crippen LogP contribution >= 0.6 is 0 Å². The second-order valence-corrected chi connectivity index (χ2v) is 3.32. The molecule has 0 aromatic rings.